The fraction of sp³-hybridized carbons (Fsp3) is 0.500. The van der Waals surface area contributed by atoms with Crippen LogP contribution in [0, 0.1) is 0 Å². The molecule has 0 saturated carbocycles. The highest BCUT2D eigenvalue weighted by Crippen LogP contribution is 2.18. The molecule has 3 unspecified atom stereocenters. The minimum atomic E-state index is -1.06. The van der Waals surface area contributed by atoms with Crippen LogP contribution in [0.3, 0.4) is 0 Å². The second-order valence-electron chi connectivity index (χ2n) is 4.96. The van der Waals surface area contributed by atoms with Gasteiger partial charge in [0.15, 0.2) is 6.10 Å². The van der Waals surface area contributed by atoms with Crippen molar-refractivity contribution >= 4 is 18.3 Å². The van der Waals surface area contributed by atoms with Crippen LogP contribution in [0.5, 0.6) is 0 Å². The SMILES string of the molecule is CC1CN(C(=O)C(O)c2ccccc2)C(C)CN1.Cl. The van der Waals surface area contributed by atoms with E-state index in [1.54, 1.807) is 17.0 Å². The van der Waals surface area contributed by atoms with Gasteiger partial charge in [-0.2, -0.15) is 0 Å². The lowest BCUT2D eigenvalue weighted by Gasteiger charge is -2.38. The van der Waals surface area contributed by atoms with Gasteiger partial charge in [-0.05, 0) is 19.4 Å². The number of halogens is 1. The van der Waals surface area contributed by atoms with Gasteiger partial charge < -0.3 is 15.3 Å². The monoisotopic (exact) mass is 284 g/mol. The van der Waals surface area contributed by atoms with Crippen molar-refractivity contribution in [3.8, 4) is 0 Å². The van der Waals surface area contributed by atoms with Gasteiger partial charge in [0.05, 0.1) is 0 Å². The average Bonchev–Trinajstić information content (AvgIpc) is 2.41. The Morgan fingerprint density at radius 1 is 1.37 bits per heavy atom. The lowest BCUT2D eigenvalue weighted by Crippen LogP contribution is -2.57. The second-order valence-corrected chi connectivity index (χ2v) is 4.96. The maximum Gasteiger partial charge on any atom is 0.256 e. The maximum absolute atomic E-state index is 12.3. The summed E-state index contributed by atoms with van der Waals surface area (Å²) in [5.41, 5.74) is 0.654. The standard InChI is InChI=1S/C14H20N2O2.ClH/c1-10-9-16(11(2)8-15-10)14(18)13(17)12-6-4-3-5-7-12;/h3-7,10-11,13,15,17H,8-9H2,1-2H3;1H. The Morgan fingerprint density at radius 2 is 2.00 bits per heavy atom. The summed E-state index contributed by atoms with van der Waals surface area (Å²) in [5, 5.41) is 13.5. The lowest BCUT2D eigenvalue weighted by molar-refractivity contribution is -0.144. The first kappa shape index (κ1) is 16.0. The van der Waals surface area contributed by atoms with Crippen LogP contribution in [0.25, 0.3) is 0 Å². The topological polar surface area (TPSA) is 52.6 Å². The third kappa shape index (κ3) is 3.69. The van der Waals surface area contributed by atoms with E-state index in [-0.39, 0.29) is 30.4 Å². The van der Waals surface area contributed by atoms with Gasteiger partial charge in [-0.25, -0.2) is 0 Å². The van der Waals surface area contributed by atoms with Crippen molar-refractivity contribution < 1.29 is 9.90 Å². The smallest absolute Gasteiger partial charge is 0.256 e. The maximum atomic E-state index is 12.3. The van der Waals surface area contributed by atoms with E-state index in [1.807, 2.05) is 32.0 Å². The number of nitrogens with zero attached hydrogens (tertiary/aromatic N) is 1. The Labute approximate surface area is 120 Å². The fourth-order valence-corrected chi connectivity index (χ4v) is 2.26. The van der Waals surface area contributed by atoms with E-state index in [9.17, 15) is 9.90 Å². The van der Waals surface area contributed by atoms with Gasteiger partial charge >= 0.3 is 0 Å². The fourth-order valence-electron chi connectivity index (χ4n) is 2.26. The summed E-state index contributed by atoms with van der Waals surface area (Å²) in [5.74, 6) is -0.206. The predicted octanol–water partition coefficient (Wildman–Crippen LogP) is 1.35. The van der Waals surface area contributed by atoms with E-state index < -0.39 is 6.10 Å². The zero-order valence-electron chi connectivity index (χ0n) is 11.2. The average molecular weight is 285 g/mol. The van der Waals surface area contributed by atoms with Gasteiger partial charge in [-0.1, -0.05) is 30.3 Å². The number of rotatable bonds is 2. The summed E-state index contributed by atoms with van der Waals surface area (Å²) in [6, 6.07) is 9.47. The molecule has 1 aromatic rings. The molecule has 0 radical (unpaired) electrons. The number of amides is 1. The van der Waals surface area contributed by atoms with Crippen LogP contribution >= 0.6 is 12.4 Å². The van der Waals surface area contributed by atoms with Crippen LogP contribution in [0.1, 0.15) is 25.5 Å². The molecule has 1 aliphatic rings. The highest BCUT2D eigenvalue weighted by atomic mass is 35.5. The molecule has 0 bridgehead atoms. The van der Waals surface area contributed by atoms with Crippen molar-refractivity contribution in [2.75, 3.05) is 13.1 Å². The third-order valence-corrected chi connectivity index (χ3v) is 3.40. The molecule has 1 fully saturated rings. The van der Waals surface area contributed by atoms with Gasteiger partial charge in [-0.15, -0.1) is 12.4 Å². The summed E-state index contributed by atoms with van der Waals surface area (Å²) in [6.45, 7) is 5.45. The molecule has 4 nitrogen and oxygen atoms in total. The molecule has 106 valence electrons. The van der Waals surface area contributed by atoms with Gasteiger partial charge in [-0.3, -0.25) is 4.79 Å². The molecule has 1 saturated heterocycles. The summed E-state index contributed by atoms with van der Waals surface area (Å²) in [4.78, 5) is 14.1. The van der Waals surface area contributed by atoms with E-state index in [0.717, 1.165) is 6.54 Å². The molecule has 1 heterocycles. The Kier molecular flexibility index (Phi) is 5.79. The molecular formula is C14H21ClN2O2. The van der Waals surface area contributed by atoms with Crippen molar-refractivity contribution in [3.05, 3.63) is 35.9 Å². The van der Waals surface area contributed by atoms with Gasteiger partial charge in [0.1, 0.15) is 0 Å². The van der Waals surface area contributed by atoms with Crippen LogP contribution in [0.15, 0.2) is 30.3 Å². The molecule has 3 atom stereocenters. The summed E-state index contributed by atoms with van der Waals surface area (Å²) in [7, 11) is 0. The molecular weight excluding hydrogens is 264 g/mol. The molecule has 0 aromatic heterocycles. The highest BCUT2D eigenvalue weighted by molar-refractivity contribution is 5.85. The number of hydrogen-bond donors (Lipinski definition) is 2. The first-order valence-corrected chi connectivity index (χ1v) is 6.36. The van der Waals surface area contributed by atoms with Crippen LogP contribution in [-0.4, -0.2) is 41.1 Å². The number of carbonyl (C=O) groups is 1. The Hall–Kier alpha value is -1.10. The van der Waals surface area contributed by atoms with Crippen LogP contribution < -0.4 is 5.32 Å². The molecule has 1 amide bonds. The largest absolute Gasteiger partial charge is 0.378 e. The molecule has 2 rings (SSSR count). The van der Waals surface area contributed by atoms with Gasteiger partial charge in [0, 0.05) is 25.2 Å². The minimum Gasteiger partial charge on any atom is -0.378 e. The van der Waals surface area contributed by atoms with E-state index in [4.69, 9.17) is 0 Å². The van der Waals surface area contributed by atoms with Crippen molar-refractivity contribution in [2.45, 2.75) is 32.0 Å². The summed E-state index contributed by atoms with van der Waals surface area (Å²) >= 11 is 0. The first-order valence-electron chi connectivity index (χ1n) is 6.36. The van der Waals surface area contributed by atoms with Crippen LogP contribution in [0.4, 0.5) is 0 Å². The zero-order chi connectivity index (χ0) is 13.1. The van der Waals surface area contributed by atoms with Crippen molar-refractivity contribution in [3.63, 3.8) is 0 Å². The Morgan fingerprint density at radius 3 is 2.63 bits per heavy atom. The number of piperazine rings is 1. The predicted molar refractivity (Wildman–Crippen MR) is 77.3 cm³/mol. The highest BCUT2D eigenvalue weighted by Gasteiger charge is 2.31. The quantitative estimate of drug-likeness (QED) is 0.862. The zero-order valence-corrected chi connectivity index (χ0v) is 12.1. The number of aliphatic hydroxyl groups is 1. The summed E-state index contributed by atoms with van der Waals surface area (Å²) < 4.78 is 0. The number of hydrogen-bond acceptors (Lipinski definition) is 3. The van der Waals surface area contributed by atoms with Crippen LogP contribution in [-0.2, 0) is 4.79 Å². The molecule has 19 heavy (non-hydrogen) atoms. The lowest BCUT2D eigenvalue weighted by atomic mass is 10.1. The van der Waals surface area contributed by atoms with E-state index in [0.29, 0.717) is 12.1 Å². The van der Waals surface area contributed by atoms with Crippen molar-refractivity contribution in [1.82, 2.24) is 10.2 Å². The minimum absolute atomic E-state index is 0. The van der Waals surface area contributed by atoms with E-state index in [1.165, 1.54) is 0 Å². The number of benzene rings is 1. The number of nitrogens with one attached hydrogen (secondary N) is 1. The normalized spacial score (nSPS) is 24.5. The summed E-state index contributed by atoms with van der Waals surface area (Å²) in [6.07, 6.45) is -1.06. The molecule has 1 aromatic carbocycles. The van der Waals surface area contributed by atoms with Crippen LogP contribution in [0.2, 0.25) is 0 Å². The number of aliphatic hydroxyl groups excluding tert-OH is 1. The van der Waals surface area contributed by atoms with Gasteiger partial charge in [0.25, 0.3) is 5.91 Å². The van der Waals surface area contributed by atoms with Crippen molar-refractivity contribution in [1.29, 1.82) is 0 Å². The molecule has 2 N–H and O–H groups in total. The molecule has 0 spiro atoms. The number of carbonyl (C=O) groups excluding carboxylic acids is 1. The third-order valence-electron chi connectivity index (χ3n) is 3.40. The molecule has 0 aliphatic carbocycles. The molecule has 1 aliphatic heterocycles. The molecule has 5 heteroatoms. The Bertz CT molecular complexity index is 413. The Balaban J connectivity index is 0.00000180. The van der Waals surface area contributed by atoms with Crippen molar-refractivity contribution in [2.24, 2.45) is 0 Å². The second kappa shape index (κ2) is 6.89. The van der Waals surface area contributed by atoms with Gasteiger partial charge in [0.2, 0.25) is 0 Å². The van der Waals surface area contributed by atoms with E-state index >= 15 is 0 Å². The first-order chi connectivity index (χ1) is 8.59. The van der Waals surface area contributed by atoms with E-state index in [2.05, 4.69) is 5.32 Å².